The second-order valence-corrected chi connectivity index (χ2v) is 8.29. The maximum atomic E-state index is 15.1. The Labute approximate surface area is 213 Å². The van der Waals surface area contributed by atoms with Gasteiger partial charge in [-0.15, -0.1) is 0 Å². The number of amides is 2. The molecule has 1 aromatic heterocycles. The fraction of sp³-hybridized carbons (Fsp3) is 0.240. The van der Waals surface area contributed by atoms with E-state index in [9.17, 15) is 32.3 Å². The highest BCUT2D eigenvalue weighted by Gasteiger charge is 2.36. The Bertz CT molecular complexity index is 1460. The number of hydrogen-bond donors (Lipinski definition) is 3. The first kappa shape index (κ1) is 28.0. The Hall–Kier alpha value is -4.55. The van der Waals surface area contributed by atoms with Gasteiger partial charge in [-0.3, -0.25) is 19.2 Å². The molecule has 2 amide bonds. The SMILES string of the molecule is CC(=O)Nc1cc(=O)n(-c2ccccc2F)nc1C(=O)NC(C)c1cccc(C(F)(F)CCC(=O)O)c1F. The van der Waals surface area contributed by atoms with Gasteiger partial charge in [0.1, 0.15) is 17.3 Å². The van der Waals surface area contributed by atoms with Crippen molar-refractivity contribution in [2.24, 2.45) is 0 Å². The predicted octanol–water partition coefficient (Wildman–Crippen LogP) is 3.92. The van der Waals surface area contributed by atoms with E-state index in [2.05, 4.69) is 15.7 Å². The van der Waals surface area contributed by atoms with Crippen LogP contribution in [0.2, 0.25) is 0 Å². The van der Waals surface area contributed by atoms with Crippen molar-refractivity contribution in [3.05, 3.63) is 87.3 Å². The molecule has 0 saturated carbocycles. The van der Waals surface area contributed by atoms with E-state index in [-0.39, 0.29) is 16.9 Å². The summed E-state index contributed by atoms with van der Waals surface area (Å²) in [5.41, 5.74) is -3.37. The summed E-state index contributed by atoms with van der Waals surface area (Å²) in [6.07, 6.45) is -2.02. The summed E-state index contributed by atoms with van der Waals surface area (Å²) < 4.78 is 59.0. The highest BCUT2D eigenvalue weighted by molar-refractivity contribution is 6.01. The number of nitrogens with zero attached hydrogens (tertiary/aromatic N) is 2. The first-order chi connectivity index (χ1) is 17.8. The average Bonchev–Trinajstić information content (AvgIpc) is 2.83. The molecule has 3 aromatic rings. The van der Waals surface area contributed by atoms with Crippen LogP contribution in [-0.4, -0.2) is 32.7 Å². The Balaban J connectivity index is 1.99. The van der Waals surface area contributed by atoms with Crippen LogP contribution in [0.3, 0.4) is 0 Å². The van der Waals surface area contributed by atoms with Gasteiger partial charge in [-0.1, -0.05) is 30.3 Å². The summed E-state index contributed by atoms with van der Waals surface area (Å²) in [4.78, 5) is 48.0. The van der Waals surface area contributed by atoms with Gasteiger partial charge in [0, 0.05) is 25.0 Å². The fourth-order valence-electron chi connectivity index (χ4n) is 3.61. The molecule has 0 spiro atoms. The number of carboxylic acids is 1. The fourth-order valence-corrected chi connectivity index (χ4v) is 3.61. The molecule has 0 bridgehead atoms. The lowest BCUT2D eigenvalue weighted by Crippen LogP contribution is -2.33. The number of halogens is 4. The number of carbonyl (C=O) groups excluding carboxylic acids is 2. The maximum absolute atomic E-state index is 15.1. The van der Waals surface area contributed by atoms with Gasteiger partial charge in [-0.2, -0.15) is 9.78 Å². The van der Waals surface area contributed by atoms with Crippen molar-refractivity contribution in [2.75, 3.05) is 5.32 Å². The minimum absolute atomic E-state index is 0.281. The molecule has 3 N–H and O–H groups in total. The van der Waals surface area contributed by atoms with Gasteiger partial charge in [0.2, 0.25) is 5.91 Å². The van der Waals surface area contributed by atoms with E-state index < -0.39 is 71.0 Å². The molecule has 0 aliphatic heterocycles. The highest BCUT2D eigenvalue weighted by Crippen LogP contribution is 2.36. The van der Waals surface area contributed by atoms with Gasteiger partial charge in [-0.05, 0) is 19.1 Å². The second kappa shape index (κ2) is 11.2. The van der Waals surface area contributed by atoms with Crippen molar-refractivity contribution in [2.45, 2.75) is 38.7 Å². The monoisotopic (exact) mass is 534 g/mol. The molecule has 0 saturated heterocycles. The number of para-hydroxylation sites is 1. The van der Waals surface area contributed by atoms with Crippen molar-refractivity contribution in [3.8, 4) is 5.69 Å². The molecule has 0 radical (unpaired) electrons. The van der Waals surface area contributed by atoms with Gasteiger partial charge in [0.05, 0.1) is 23.7 Å². The second-order valence-electron chi connectivity index (χ2n) is 8.29. The molecule has 0 aliphatic carbocycles. The number of aromatic nitrogens is 2. The average molecular weight is 534 g/mol. The quantitative estimate of drug-likeness (QED) is 0.357. The largest absolute Gasteiger partial charge is 0.481 e. The zero-order valence-electron chi connectivity index (χ0n) is 20.1. The number of alkyl halides is 2. The van der Waals surface area contributed by atoms with Gasteiger partial charge in [0.25, 0.3) is 17.4 Å². The predicted molar refractivity (Wildman–Crippen MR) is 127 cm³/mol. The van der Waals surface area contributed by atoms with E-state index in [0.717, 1.165) is 37.3 Å². The zero-order valence-corrected chi connectivity index (χ0v) is 20.1. The van der Waals surface area contributed by atoms with E-state index in [1.54, 1.807) is 0 Å². The molecule has 3 rings (SSSR count). The normalized spacial score (nSPS) is 12.1. The molecule has 0 aliphatic rings. The molecular weight excluding hydrogens is 512 g/mol. The van der Waals surface area contributed by atoms with Gasteiger partial charge in [0.15, 0.2) is 5.69 Å². The third-order valence-electron chi connectivity index (χ3n) is 5.43. The Morgan fingerprint density at radius 1 is 1.11 bits per heavy atom. The van der Waals surface area contributed by atoms with Gasteiger partial charge >= 0.3 is 5.97 Å². The summed E-state index contributed by atoms with van der Waals surface area (Å²) in [6.45, 7) is 2.40. The molecule has 2 aromatic carbocycles. The molecular formula is C25H22F4N4O5. The molecule has 1 atom stereocenters. The van der Waals surface area contributed by atoms with Crippen molar-refractivity contribution >= 4 is 23.5 Å². The molecule has 0 fully saturated rings. The van der Waals surface area contributed by atoms with Crippen LogP contribution in [0.5, 0.6) is 0 Å². The summed E-state index contributed by atoms with van der Waals surface area (Å²) in [5.74, 6) is -9.12. The van der Waals surface area contributed by atoms with Crippen LogP contribution in [0.25, 0.3) is 5.69 Å². The number of anilines is 1. The van der Waals surface area contributed by atoms with Crippen molar-refractivity contribution in [1.29, 1.82) is 0 Å². The number of carbonyl (C=O) groups is 3. The first-order valence-corrected chi connectivity index (χ1v) is 11.2. The van der Waals surface area contributed by atoms with Crippen LogP contribution in [0.1, 0.15) is 54.3 Å². The topological polar surface area (TPSA) is 130 Å². The van der Waals surface area contributed by atoms with E-state index in [4.69, 9.17) is 5.11 Å². The Morgan fingerprint density at radius 3 is 2.42 bits per heavy atom. The van der Waals surface area contributed by atoms with Crippen LogP contribution in [0, 0.1) is 11.6 Å². The molecule has 200 valence electrons. The van der Waals surface area contributed by atoms with E-state index in [0.29, 0.717) is 4.68 Å². The van der Waals surface area contributed by atoms with E-state index in [1.165, 1.54) is 25.1 Å². The summed E-state index contributed by atoms with van der Waals surface area (Å²) in [6, 6.07) is 7.83. The summed E-state index contributed by atoms with van der Waals surface area (Å²) >= 11 is 0. The number of rotatable bonds is 9. The number of hydrogen-bond acceptors (Lipinski definition) is 5. The lowest BCUT2D eigenvalue weighted by Gasteiger charge is -2.21. The highest BCUT2D eigenvalue weighted by atomic mass is 19.3. The number of carboxylic acid groups (broad SMARTS) is 1. The van der Waals surface area contributed by atoms with Crippen molar-refractivity contribution in [1.82, 2.24) is 15.1 Å². The van der Waals surface area contributed by atoms with E-state index >= 15 is 4.39 Å². The summed E-state index contributed by atoms with van der Waals surface area (Å²) in [5, 5.41) is 17.2. The molecule has 1 heterocycles. The number of benzene rings is 2. The maximum Gasteiger partial charge on any atom is 0.303 e. The molecule has 1 unspecified atom stereocenters. The smallest absolute Gasteiger partial charge is 0.303 e. The molecule has 38 heavy (non-hydrogen) atoms. The van der Waals surface area contributed by atoms with Crippen LogP contribution in [-0.2, 0) is 15.5 Å². The lowest BCUT2D eigenvalue weighted by molar-refractivity contribution is -0.139. The Morgan fingerprint density at radius 2 is 1.79 bits per heavy atom. The summed E-state index contributed by atoms with van der Waals surface area (Å²) in [7, 11) is 0. The minimum atomic E-state index is -3.79. The van der Waals surface area contributed by atoms with Crippen LogP contribution in [0.15, 0.2) is 53.3 Å². The lowest BCUT2D eigenvalue weighted by atomic mass is 9.97. The Kier molecular flexibility index (Phi) is 8.29. The third kappa shape index (κ3) is 6.22. The van der Waals surface area contributed by atoms with Crippen LogP contribution >= 0.6 is 0 Å². The van der Waals surface area contributed by atoms with Crippen LogP contribution in [0.4, 0.5) is 23.2 Å². The number of nitrogens with one attached hydrogen (secondary N) is 2. The molecule has 13 heteroatoms. The number of aliphatic carboxylic acids is 1. The van der Waals surface area contributed by atoms with Crippen LogP contribution < -0.4 is 16.2 Å². The standard InChI is InChI=1S/C25H22F4N4O5/c1-13(15-6-5-7-16(22(15)27)25(28,29)11-10-21(36)37)30-24(38)23-18(31-14(2)34)12-20(35)33(32-23)19-9-4-3-8-17(19)26/h3-9,12-13H,10-11H2,1-2H3,(H,30,38)(H,31,34)(H,36,37). The van der Waals surface area contributed by atoms with Crippen molar-refractivity contribution < 1.29 is 37.1 Å². The van der Waals surface area contributed by atoms with E-state index in [1.807, 2.05) is 0 Å². The molecule has 9 nitrogen and oxygen atoms in total. The minimum Gasteiger partial charge on any atom is -0.481 e. The van der Waals surface area contributed by atoms with Gasteiger partial charge in [-0.25, -0.2) is 17.6 Å². The van der Waals surface area contributed by atoms with Gasteiger partial charge < -0.3 is 15.7 Å². The first-order valence-electron chi connectivity index (χ1n) is 11.2. The zero-order chi connectivity index (χ0) is 28.2. The van der Waals surface area contributed by atoms with Crippen molar-refractivity contribution in [3.63, 3.8) is 0 Å². The third-order valence-corrected chi connectivity index (χ3v) is 5.43.